The van der Waals surface area contributed by atoms with Crippen LogP contribution in [-0.4, -0.2) is 20.1 Å². The molecule has 5 heteroatoms. The smallest absolute Gasteiger partial charge is 0.241 e. The molecule has 1 amide bonds. The molecule has 19 heavy (non-hydrogen) atoms. The number of aryl methyl sites for hydroxylation is 1. The fourth-order valence-electron chi connectivity index (χ4n) is 1.71. The Balaban J connectivity index is 3.07. The fourth-order valence-corrected chi connectivity index (χ4v) is 1.71. The highest BCUT2D eigenvalue weighted by Gasteiger charge is 2.19. The van der Waals surface area contributed by atoms with Crippen LogP contribution in [0.15, 0.2) is 12.1 Å². The maximum Gasteiger partial charge on any atom is 0.241 e. The van der Waals surface area contributed by atoms with Gasteiger partial charge in [0.05, 0.1) is 26.0 Å². The molecule has 0 aliphatic rings. The van der Waals surface area contributed by atoms with Gasteiger partial charge in [-0.3, -0.25) is 4.79 Å². The number of hydrogen-bond acceptors (Lipinski definition) is 4. The van der Waals surface area contributed by atoms with Crippen molar-refractivity contribution in [3.63, 3.8) is 0 Å². The Bertz CT molecular complexity index is 506. The topological polar surface area (TPSA) is 71.4 Å². The summed E-state index contributed by atoms with van der Waals surface area (Å²) in [5.41, 5.74) is 1.39. The van der Waals surface area contributed by atoms with Gasteiger partial charge in [0.15, 0.2) is 0 Å². The Labute approximate surface area is 113 Å². The highest BCUT2D eigenvalue weighted by molar-refractivity contribution is 5.96. The standard InChI is InChI=1S/C14H18N2O3/c1-5-10(8-15)14(17)16-13-9(2)6-11(18-3)7-12(13)19-4/h6-7,10H,5H2,1-4H3,(H,16,17). The van der Waals surface area contributed by atoms with Gasteiger partial charge in [-0.15, -0.1) is 0 Å². The third-order valence-electron chi connectivity index (χ3n) is 2.86. The monoisotopic (exact) mass is 262 g/mol. The minimum Gasteiger partial charge on any atom is -0.497 e. The number of rotatable bonds is 5. The Morgan fingerprint density at radius 2 is 2.11 bits per heavy atom. The van der Waals surface area contributed by atoms with E-state index in [-0.39, 0.29) is 5.91 Å². The molecule has 0 fully saturated rings. The Morgan fingerprint density at radius 1 is 1.42 bits per heavy atom. The summed E-state index contributed by atoms with van der Waals surface area (Å²) >= 11 is 0. The van der Waals surface area contributed by atoms with Crippen molar-refractivity contribution in [1.29, 1.82) is 5.26 Å². The number of hydrogen-bond donors (Lipinski definition) is 1. The van der Waals surface area contributed by atoms with E-state index in [2.05, 4.69) is 5.32 Å². The molecule has 1 atom stereocenters. The Hall–Kier alpha value is -2.22. The van der Waals surface area contributed by atoms with Crippen molar-refractivity contribution >= 4 is 11.6 Å². The number of amides is 1. The molecule has 0 bridgehead atoms. The lowest BCUT2D eigenvalue weighted by Crippen LogP contribution is -2.21. The Kier molecular flexibility index (Phi) is 5.19. The maximum absolute atomic E-state index is 11.9. The van der Waals surface area contributed by atoms with Crippen LogP contribution in [0.5, 0.6) is 11.5 Å². The molecule has 0 heterocycles. The molecular formula is C14H18N2O3. The molecule has 102 valence electrons. The molecule has 1 N–H and O–H groups in total. The summed E-state index contributed by atoms with van der Waals surface area (Å²) in [5.74, 6) is 0.181. The van der Waals surface area contributed by atoms with Crippen molar-refractivity contribution in [3.05, 3.63) is 17.7 Å². The average molecular weight is 262 g/mol. The molecule has 5 nitrogen and oxygen atoms in total. The molecule has 0 aliphatic carbocycles. The zero-order valence-electron chi connectivity index (χ0n) is 11.6. The van der Waals surface area contributed by atoms with Crippen molar-refractivity contribution in [2.75, 3.05) is 19.5 Å². The number of nitrogens with one attached hydrogen (secondary N) is 1. The predicted molar refractivity (Wildman–Crippen MR) is 72.3 cm³/mol. The quantitative estimate of drug-likeness (QED) is 0.885. The van der Waals surface area contributed by atoms with Crippen LogP contribution in [0.25, 0.3) is 0 Å². The van der Waals surface area contributed by atoms with Crippen molar-refractivity contribution in [1.82, 2.24) is 0 Å². The van der Waals surface area contributed by atoms with Crippen molar-refractivity contribution < 1.29 is 14.3 Å². The summed E-state index contributed by atoms with van der Waals surface area (Å²) in [5, 5.41) is 11.6. The predicted octanol–water partition coefficient (Wildman–Crippen LogP) is 2.50. The summed E-state index contributed by atoms with van der Waals surface area (Å²) < 4.78 is 10.4. The summed E-state index contributed by atoms with van der Waals surface area (Å²) in [6, 6.07) is 5.46. The molecule has 1 rings (SSSR count). The van der Waals surface area contributed by atoms with Crippen LogP contribution in [0.4, 0.5) is 5.69 Å². The highest BCUT2D eigenvalue weighted by Crippen LogP contribution is 2.33. The van der Waals surface area contributed by atoms with E-state index in [1.807, 2.05) is 13.0 Å². The van der Waals surface area contributed by atoms with Crippen LogP contribution in [0.2, 0.25) is 0 Å². The van der Waals surface area contributed by atoms with Crippen LogP contribution < -0.4 is 14.8 Å². The van der Waals surface area contributed by atoms with Crippen LogP contribution in [0.1, 0.15) is 18.9 Å². The second-order valence-electron chi connectivity index (χ2n) is 4.10. The summed E-state index contributed by atoms with van der Waals surface area (Å²) in [6.07, 6.45) is 0.472. The van der Waals surface area contributed by atoms with Crippen molar-refractivity contribution in [2.24, 2.45) is 5.92 Å². The first kappa shape index (κ1) is 14.8. The van der Waals surface area contributed by atoms with E-state index in [4.69, 9.17) is 14.7 Å². The zero-order valence-corrected chi connectivity index (χ0v) is 11.6. The number of nitriles is 1. The number of benzene rings is 1. The normalized spacial score (nSPS) is 11.3. The summed E-state index contributed by atoms with van der Waals surface area (Å²) in [4.78, 5) is 11.9. The first-order valence-electron chi connectivity index (χ1n) is 6.00. The molecule has 0 radical (unpaired) electrons. The van der Waals surface area contributed by atoms with Gasteiger partial charge >= 0.3 is 0 Å². The van der Waals surface area contributed by atoms with Gasteiger partial charge < -0.3 is 14.8 Å². The second kappa shape index (κ2) is 6.64. The van der Waals surface area contributed by atoms with Crippen LogP contribution >= 0.6 is 0 Å². The van der Waals surface area contributed by atoms with E-state index < -0.39 is 5.92 Å². The average Bonchev–Trinajstić information content (AvgIpc) is 2.42. The van der Waals surface area contributed by atoms with E-state index in [0.717, 1.165) is 5.56 Å². The van der Waals surface area contributed by atoms with Gasteiger partial charge in [0.1, 0.15) is 17.4 Å². The van der Waals surface area contributed by atoms with Crippen LogP contribution in [0.3, 0.4) is 0 Å². The van der Waals surface area contributed by atoms with Crippen molar-refractivity contribution in [3.8, 4) is 17.6 Å². The number of carbonyl (C=O) groups excluding carboxylic acids is 1. The highest BCUT2D eigenvalue weighted by atomic mass is 16.5. The number of nitrogens with zero attached hydrogens (tertiary/aromatic N) is 1. The molecule has 1 aromatic carbocycles. The number of ether oxygens (including phenoxy) is 2. The third kappa shape index (κ3) is 3.38. The van der Waals surface area contributed by atoms with E-state index in [1.165, 1.54) is 7.11 Å². The second-order valence-corrected chi connectivity index (χ2v) is 4.10. The molecule has 1 aromatic rings. The minimum absolute atomic E-state index is 0.323. The van der Waals surface area contributed by atoms with Gasteiger partial charge in [0.2, 0.25) is 5.91 Å². The molecule has 0 spiro atoms. The van der Waals surface area contributed by atoms with Gasteiger partial charge in [-0.05, 0) is 25.0 Å². The van der Waals surface area contributed by atoms with E-state index in [9.17, 15) is 4.79 Å². The Morgan fingerprint density at radius 3 is 2.58 bits per heavy atom. The van der Waals surface area contributed by atoms with Crippen LogP contribution in [-0.2, 0) is 4.79 Å². The lowest BCUT2D eigenvalue weighted by Gasteiger charge is -2.15. The fraction of sp³-hybridized carbons (Fsp3) is 0.429. The SMILES string of the molecule is CCC(C#N)C(=O)Nc1c(C)cc(OC)cc1OC. The molecule has 0 aliphatic heterocycles. The van der Waals surface area contributed by atoms with Gasteiger partial charge in [0, 0.05) is 6.07 Å². The number of methoxy groups -OCH3 is 2. The first-order valence-corrected chi connectivity index (χ1v) is 6.00. The largest absolute Gasteiger partial charge is 0.497 e. The molecule has 1 unspecified atom stereocenters. The first-order chi connectivity index (χ1) is 9.07. The molecule has 0 saturated heterocycles. The summed E-state index contributed by atoms with van der Waals surface area (Å²) in [6.45, 7) is 3.64. The molecular weight excluding hydrogens is 244 g/mol. The number of carbonyl (C=O) groups is 1. The molecule has 0 saturated carbocycles. The lowest BCUT2D eigenvalue weighted by molar-refractivity contribution is -0.118. The van der Waals surface area contributed by atoms with E-state index in [0.29, 0.717) is 23.6 Å². The minimum atomic E-state index is -0.661. The van der Waals surface area contributed by atoms with Crippen LogP contribution in [0, 0.1) is 24.2 Å². The lowest BCUT2D eigenvalue weighted by atomic mass is 10.1. The maximum atomic E-state index is 11.9. The molecule has 0 aromatic heterocycles. The van der Waals surface area contributed by atoms with Gasteiger partial charge in [-0.25, -0.2) is 0 Å². The van der Waals surface area contributed by atoms with E-state index in [1.54, 1.807) is 26.2 Å². The number of anilines is 1. The summed E-state index contributed by atoms with van der Waals surface area (Å²) in [7, 11) is 3.08. The van der Waals surface area contributed by atoms with E-state index >= 15 is 0 Å². The zero-order chi connectivity index (χ0) is 14.4. The third-order valence-corrected chi connectivity index (χ3v) is 2.86. The van der Waals surface area contributed by atoms with Gasteiger partial charge in [-0.2, -0.15) is 5.26 Å². The van der Waals surface area contributed by atoms with Crippen molar-refractivity contribution in [2.45, 2.75) is 20.3 Å². The van der Waals surface area contributed by atoms with Gasteiger partial charge in [0.25, 0.3) is 0 Å². The van der Waals surface area contributed by atoms with Gasteiger partial charge in [-0.1, -0.05) is 6.92 Å².